The van der Waals surface area contributed by atoms with E-state index in [2.05, 4.69) is 30.7 Å². The van der Waals surface area contributed by atoms with Gasteiger partial charge in [0.1, 0.15) is 0 Å². The van der Waals surface area contributed by atoms with Crippen LogP contribution in [-0.4, -0.2) is 0 Å². The second-order valence-corrected chi connectivity index (χ2v) is 6.24. The van der Waals surface area contributed by atoms with E-state index in [1.54, 1.807) is 11.3 Å². The summed E-state index contributed by atoms with van der Waals surface area (Å²) >= 11 is 1.81. The Labute approximate surface area is 116 Å². The molecule has 0 amide bonds. The van der Waals surface area contributed by atoms with E-state index in [4.69, 9.17) is 5.84 Å². The third kappa shape index (κ3) is 5.98. The normalized spacial score (nSPS) is 12.8. The summed E-state index contributed by atoms with van der Waals surface area (Å²) in [4.78, 5) is 1.37. The lowest BCUT2D eigenvalue weighted by molar-refractivity contribution is 0.476. The van der Waals surface area contributed by atoms with Crippen molar-refractivity contribution in [1.82, 2.24) is 5.43 Å². The molecule has 0 bridgehead atoms. The van der Waals surface area contributed by atoms with E-state index in [9.17, 15) is 0 Å². The van der Waals surface area contributed by atoms with E-state index in [-0.39, 0.29) is 0 Å². The van der Waals surface area contributed by atoms with Gasteiger partial charge in [0.25, 0.3) is 0 Å². The third-order valence-corrected chi connectivity index (χ3v) is 4.33. The van der Waals surface area contributed by atoms with Gasteiger partial charge >= 0.3 is 0 Å². The first-order valence-corrected chi connectivity index (χ1v) is 8.17. The van der Waals surface area contributed by atoms with Crippen molar-refractivity contribution in [2.45, 2.75) is 71.3 Å². The van der Waals surface area contributed by atoms with Crippen LogP contribution in [0.5, 0.6) is 0 Å². The van der Waals surface area contributed by atoms with Crippen molar-refractivity contribution in [3.63, 3.8) is 0 Å². The molecule has 1 aromatic heterocycles. The lowest BCUT2D eigenvalue weighted by atomic mass is 10.0. The van der Waals surface area contributed by atoms with E-state index < -0.39 is 0 Å². The van der Waals surface area contributed by atoms with Crippen molar-refractivity contribution >= 4 is 11.3 Å². The first-order valence-electron chi connectivity index (χ1n) is 7.29. The minimum Gasteiger partial charge on any atom is -0.271 e. The Hall–Kier alpha value is -0.380. The fraction of sp³-hybridized carbons (Fsp3) is 0.733. The van der Waals surface area contributed by atoms with Crippen molar-refractivity contribution in [1.29, 1.82) is 0 Å². The number of thiophene rings is 1. The highest BCUT2D eigenvalue weighted by molar-refractivity contribution is 7.10. The van der Waals surface area contributed by atoms with Crippen LogP contribution in [0.4, 0.5) is 0 Å². The summed E-state index contributed by atoms with van der Waals surface area (Å²) < 4.78 is 0. The van der Waals surface area contributed by atoms with Gasteiger partial charge in [-0.2, -0.15) is 0 Å². The van der Waals surface area contributed by atoms with Crippen molar-refractivity contribution < 1.29 is 0 Å². The zero-order valence-electron chi connectivity index (χ0n) is 11.9. The molecule has 1 aromatic rings. The van der Waals surface area contributed by atoms with Crippen LogP contribution in [0, 0.1) is 6.92 Å². The highest BCUT2D eigenvalue weighted by atomic mass is 32.1. The Balaban J connectivity index is 2.13. The number of aryl methyl sites for hydroxylation is 1. The molecule has 1 unspecified atom stereocenters. The molecule has 3 heteroatoms. The van der Waals surface area contributed by atoms with Crippen LogP contribution in [0.1, 0.15) is 74.8 Å². The second-order valence-electron chi connectivity index (χ2n) is 5.12. The van der Waals surface area contributed by atoms with Crippen LogP contribution in [-0.2, 0) is 0 Å². The Bertz CT molecular complexity index is 309. The number of hydrogen-bond donors (Lipinski definition) is 2. The van der Waals surface area contributed by atoms with Crippen molar-refractivity contribution in [2.75, 3.05) is 0 Å². The summed E-state index contributed by atoms with van der Waals surface area (Å²) in [6.07, 6.45) is 10.7. The van der Waals surface area contributed by atoms with Gasteiger partial charge in [-0.25, -0.2) is 0 Å². The lowest BCUT2D eigenvalue weighted by Gasteiger charge is -2.14. The standard InChI is InChI=1S/C15H28N2S/c1-3-4-5-6-7-8-9-10-15(17-16)14-11-13(2)18-12-14/h11-12,15,17H,3-10,16H2,1-2H3. The van der Waals surface area contributed by atoms with Crippen molar-refractivity contribution in [3.8, 4) is 0 Å². The van der Waals surface area contributed by atoms with Crippen LogP contribution >= 0.6 is 11.3 Å². The monoisotopic (exact) mass is 268 g/mol. The number of unbranched alkanes of at least 4 members (excludes halogenated alkanes) is 6. The minimum atomic E-state index is 0.339. The van der Waals surface area contributed by atoms with Gasteiger partial charge in [-0.3, -0.25) is 11.3 Å². The van der Waals surface area contributed by atoms with Gasteiger partial charge in [-0.1, -0.05) is 51.9 Å². The van der Waals surface area contributed by atoms with Gasteiger partial charge in [0.2, 0.25) is 0 Å². The molecule has 2 nitrogen and oxygen atoms in total. The van der Waals surface area contributed by atoms with Crippen LogP contribution in [0.2, 0.25) is 0 Å². The Morgan fingerprint density at radius 2 is 1.83 bits per heavy atom. The smallest absolute Gasteiger partial charge is 0.0468 e. The molecule has 0 spiro atoms. The molecule has 0 saturated heterocycles. The molecule has 0 aliphatic carbocycles. The summed E-state index contributed by atoms with van der Waals surface area (Å²) in [6.45, 7) is 4.41. The summed E-state index contributed by atoms with van der Waals surface area (Å²) in [5, 5.41) is 2.22. The van der Waals surface area contributed by atoms with E-state index in [1.807, 2.05) is 0 Å². The first kappa shape index (κ1) is 15.7. The van der Waals surface area contributed by atoms with Gasteiger partial charge in [-0.05, 0) is 30.4 Å². The lowest BCUT2D eigenvalue weighted by Crippen LogP contribution is -2.27. The molecule has 0 aliphatic heterocycles. The molecule has 0 aromatic carbocycles. The number of nitrogens with two attached hydrogens (primary N) is 1. The third-order valence-electron chi connectivity index (χ3n) is 3.45. The molecule has 18 heavy (non-hydrogen) atoms. The van der Waals surface area contributed by atoms with Crippen molar-refractivity contribution in [2.24, 2.45) is 5.84 Å². The molecule has 1 rings (SSSR count). The van der Waals surface area contributed by atoms with Gasteiger partial charge < -0.3 is 0 Å². The van der Waals surface area contributed by atoms with Crippen molar-refractivity contribution in [3.05, 3.63) is 21.9 Å². The first-order chi connectivity index (χ1) is 8.77. The average Bonchev–Trinajstić information content (AvgIpc) is 2.79. The topological polar surface area (TPSA) is 38.0 Å². The highest BCUT2D eigenvalue weighted by Crippen LogP contribution is 2.24. The zero-order valence-corrected chi connectivity index (χ0v) is 12.7. The van der Waals surface area contributed by atoms with E-state index in [0.717, 1.165) is 6.42 Å². The Morgan fingerprint density at radius 3 is 2.39 bits per heavy atom. The maximum absolute atomic E-state index is 5.65. The molecule has 0 radical (unpaired) electrons. The molecule has 0 fully saturated rings. The molecule has 104 valence electrons. The summed E-state index contributed by atoms with van der Waals surface area (Å²) in [6, 6.07) is 2.58. The number of hydrogen-bond acceptors (Lipinski definition) is 3. The summed E-state index contributed by atoms with van der Waals surface area (Å²) in [5.41, 5.74) is 4.30. The fourth-order valence-electron chi connectivity index (χ4n) is 2.30. The van der Waals surface area contributed by atoms with Crippen LogP contribution in [0.25, 0.3) is 0 Å². The van der Waals surface area contributed by atoms with Crippen LogP contribution < -0.4 is 11.3 Å². The molecular weight excluding hydrogens is 240 g/mol. The number of rotatable bonds is 10. The van der Waals surface area contributed by atoms with E-state index in [0.29, 0.717) is 6.04 Å². The maximum Gasteiger partial charge on any atom is 0.0468 e. The fourth-order valence-corrected chi connectivity index (χ4v) is 3.06. The molecule has 1 heterocycles. The Kier molecular flexibility index (Phi) is 8.31. The SMILES string of the molecule is CCCCCCCCCC(NN)c1csc(C)c1. The largest absolute Gasteiger partial charge is 0.271 e. The molecule has 1 atom stereocenters. The maximum atomic E-state index is 5.65. The molecule has 0 saturated carbocycles. The predicted molar refractivity (Wildman–Crippen MR) is 81.7 cm³/mol. The minimum absolute atomic E-state index is 0.339. The molecular formula is C15H28N2S. The van der Waals surface area contributed by atoms with E-state index in [1.165, 1.54) is 55.4 Å². The van der Waals surface area contributed by atoms with Crippen LogP contribution in [0.3, 0.4) is 0 Å². The molecule has 0 aliphatic rings. The van der Waals surface area contributed by atoms with Gasteiger partial charge in [0.15, 0.2) is 0 Å². The molecule has 3 N–H and O–H groups in total. The number of hydrazine groups is 1. The average molecular weight is 268 g/mol. The van der Waals surface area contributed by atoms with Gasteiger partial charge in [0, 0.05) is 10.9 Å². The summed E-state index contributed by atoms with van der Waals surface area (Å²) in [7, 11) is 0. The quantitative estimate of drug-likeness (QED) is 0.366. The second kappa shape index (κ2) is 9.54. The number of nitrogens with one attached hydrogen (secondary N) is 1. The van der Waals surface area contributed by atoms with Crippen LogP contribution in [0.15, 0.2) is 11.4 Å². The van der Waals surface area contributed by atoms with E-state index >= 15 is 0 Å². The van der Waals surface area contributed by atoms with Gasteiger partial charge in [0.05, 0.1) is 0 Å². The van der Waals surface area contributed by atoms with Gasteiger partial charge in [-0.15, -0.1) is 11.3 Å². The predicted octanol–water partition coefficient (Wildman–Crippen LogP) is 4.70. The Morgan fingerprint density at radius 1 is 1.17 bits per heavy atom. The summed E-state index contributed by atoms with van der Waals surface area (Å²) in [5.74, 6) is 5.65. The zero-order chi connectivity index (χ0) is 13.2. The highest BCUT2D eigenvalue weighted by Gasteiger charge is 2.10.